The fraction of sp³-hybridized carbons (Fsp3) is 0.750. The highest BCUT2D eigenvalue weighted by Crippen LogP contribution is 2.36. The second-order valence-corrected chi connectivity index (χ2v) is 3.66. The van der Waals surface area contributed by atoms with Crippen molar-refractivity contribution in [3.8, 4) is 0 Å². The Morgan fingerprint density at radius 3 is 2.92 bits per heavy atom. The topological polar surface area (TPSA) is 56.7 Å². The van der Waals surface area contributed by atoms with Gasteiger partial charge in [0.05, 0.1) is 0 Å². The second-order valence-electron chi connectivity index (χ2n) is 3.66. The molecule has 2 rings (SSSR count). The van der Waals surface area contributed by atoms with Gasteiger partial charge in [-0.1, -0.05) is 0 Å². The summed E-state index contributed by atoms with van der Waals surface area (Å²) in [5, 5.41) is 4.00. The van der Waals surface area contributed by atoms with Crippen LogP contribution in [0.4, 0.5) is 0 Å². The van der Waals surface area contributed by atoms with Crippen molar-refractivity contribution < 1.29 is 0 Å². The Balaban J connectivity index is 1.91. The SMILES string of the molecule is Cn1ncnc1CCC1(N)CC1. The number of hydrogen-bond donors (Lipinski definition) is 1. The van der Waals surface area contributed by atoms with Crippen LogP contribution in [0.2, 0.25) is 0 Å². The van der Waals surface area contributed by atoms with Crippen molar-refractivity contribution in [3.05, 3.63) is 12.2 Å². The van der Waals surface area contributed by atoms with E-state index in [2.05, 4.69) is 10.1 Å². The van der Waals surface area contributed by atoms with E-state index in [9.17, 15) is 0 Å². The van der Waals surface area contributed by atoms with E-state index in [4.69, 9.17) is 5.73 Å². The zero-order valence-electron chi connectivity index (χ0n) is 7.32. The second kappa shape index (κ2) is 2.55. The molecular formula is C8H14N4. The number of aromatic nitrogens is 3. The summed E-state index contributed by atoms with van der Waals surface area (Å²) in [7, 11) is 1.92. The van der Waals surface area contributed by atoms with Crippen LogP contribution >= 0.6 is 0 Å². The molecule has 0 unspecified atom stereocenters. The summed E-state index contributed by atoms with van der Waals surface area (Å²) in [4.78, 5) is 4.14. The average Bonchev–Trinajstić information content (AvgIpc) is 2.61. The summed E-state index contributed by atoms with van der Waals surface area (Å²) >= 11 is 0. The molecule has 0 spiro atoms. The Labute approximate surface area is 71.8 Å². The van der Waals surface area contributed by atoms with Gasteiger partial charge in [0.2, 0.25) is 0 Å². The molecule has 0 bridgehead atoms. The van der Waals surface area contributed by atoms with Crippen LogP contribution in [-0.2, 0) is 13.5 Å². The van der Waals surface area contributed by atoms with Gasteiger partial charge in [0.15, 0.2) is 0 Å². The highest BCUT2D eigenvalue weighted by atomic mass is 15.3. The van der Waals surface area contributed by atoms with Crippen LogP contribution in [0.25, 0.3) is 0 Å². The third-order valence-electron chi connectivity index (χ3n) is 2.54. The van der Waals surface area contributed by atoms with E-state index in [0.29, 0.717) is 0 Å². The molecule has 2 N–H and O–H groups in total. The predicted molar refractivity (Wildman–Crippen MR) is 45.5 cm³/mol. The highest BCUT2D eigenvalue weighted by molar-refractivity contribution is 5.01. The lowest BCUT2D eigenvalue weighted by Gasteiger charge is -2.06. The molecule has 1 saturated carbocycles. The molecule has 1 aliphatic carbocycles. The maximum absolute atomic E-state index is 5.96. The van der Waals surface area contributed by atoms with Crippen LogP contribution in [0.3, 0.4) is 0 Å². The number of rotatable bonds is 3. The molecule has 1 aromatic heterocycles. The average molecular weight is 166 g/mol. The van der Waals surface area contributed by atoms with Crippen molar-refractivity contribution >= 4 is 0 Å². The number of nitrogens with two attached hydrogens (primary N) is 1. The molecule has 1 heterocycles. The van der Waals surface area contributed by atoms with Crippen molar-refractivity contribution in [3.63, 3.8) is 0 Å². The number of aryl methyl sites for hydroxylation is 2. The molecular weight excluding hydrogens is 152 g/mol. The fourth-order valence-electron chi connectivity index (χ4n) is 1.32. The third-order valence-corrected chi connectivity index (χ3v) is 2.54. The first-order valence-electron chi connectivity index (χ1n) is 4.31. The van der Waals surface area contributed by atoms with E-state index in [-0.39, 0.29) is 5.54 Å². The predicted octanol–water partition coefficient (Wildman–Crippen LogP) is 0.239. The van der Waals surface area contributed by atoms with Gasteiger partial charge >= 0.3 is 0 Å². The molecule has 1 aliphatic rings. The summed E-state index contributed by atoms with van der Waals surface area (Å²) in [5.74, 6) is 1.03. The van der Waals surface area contributed by atoms with Gasteiger partial charge < -0.3 is 5.73 Å². The minimum atomic E-state index is 0.131. The molecule has 12 heavy (non-hydrogen) atoms. The van der Waals surface area contributed by atoms with Gasteiger partial charge in [-0.05, 0) is 19.3 Å². The first-order valence-corrected chi connectivity index (χ1v) is 4.31. The normalized spacial score (nSPS) is 19.5. The van der Waals surface area contributed by atoms with E-state index in [1.807, 2.05) is 11.7 Å². The smallest absolute Gasteiger partial charge is 0.138 e. The highest BCUT2D eigenvalue weighted by Gasteiger charge is 2.37. The third kappa shape index (κ3) is 1.48. The van der Waals surface area contributed by atoms with E-state index in [1.165, 1.54) is 12.8 Å². The zero-order chi connectivity index (χ0) is 8.60. The molecule has 0 saturated heterocycles. The molecule has 66 valence electrons. The summed E-state index contributed by atoms with van der Waals surface area (Å²) in [6.45, 7) is 0. The van der Waals surface area contributed by atoms with Crippen LogP contribution < -0.4 is 5.73 Å². The Morgan fingerprint density at radius 2 is 2.42 bits per heavy atom. The maximum atomic E-state index is 5.96. The van der Waals surface area contributed by atoms with Crippen LogP contribution in [0, 0.1) is 0 Å². The van der Waals surface area contributed by atoms with Crippen LogP contribution in [0.15, 0.2) is 6.33 Å². The monoisotopic (exact) mass is 166 g/mol. The minimum absolute atomic E-state index is 0.131. The lowest BCUT2D eigenvalue weighted by Crippen LogP contribution is -2.22. The summed E-state index contributed by atoms with van der Waals surface area (Å²) in [6.07, 6.45) is 5.92. The van der Waals surface area contributed by atoms with Gasteiger partial charge in [-0.15, -0.1) is 0 Å². The first-order chi connectivity index (χ1) is 5.70. The van der Waals surface area contributed by atoms with Crippen molar-refractivity contribution in [2.24, 2.45) is 12.8 Å². The molecule has 0 atom stereocenters. The lowest BCUT2D eigenvalue weighted by atomic mass is 10.1. The Kier molecular flexibility index (Phi) is 1.65. The Bertz CT molecular complexity index is 274. The number of nitrogens with zero attached hydrogens (tertiary/aromatic N) is 3. The fourth-order valence-corrected chi connectivity index (χ4v) is 1.32. The van der Waals surface area contributed by atoms with Crippen molar-refractivity contribution in [1.82, 2.24) is 14.8 Å². The van der Waals surface area contributed by atoms with E-state index >= 15 is 0 Å². The minimum Gasteiger partial charge on any atom is -0.325 e. The van der Waals surface area contributed by atoms with Crippen LogP contribution in [0.1, 0.15) is 25.1 Å². The van der Waals surface area contributed by atoms with E-state index in [1.54, 1.807) is 6.33 Å². The van der Waals surface area contributed by atoms with Gasteiger partial charge in [0.25, 0.3) is 0 Å². The molecule has 1 aromatic rings. The molecule has 0 aliphatic heterocycles. The molecule has 0 radical (unpaired) electrons. The quantitative estimate of drug-likeness (QED) is 0.699. The summed E-state index contributed by atoms with van der Waals surface area (Å²) in [5.41, 5.74) is 6.09. The summed E-state index contributed by atoms with van der Waals surface area (Å²) in [6, 6.07) is 0. The molecule has 1 fully saturated rings. The van der Waals surface area contributed by atoms with Gasteiger partial charge in [-0.3, -0.25) is 4.68 Å². The standard InChI is InChI=1S/C8H14N4/c1-12-7(10-6-11-12)2-3-8(9)4-5-8/h6H,2-5,9H2,1H3. The number of hydrogen-bond acceptors (Lipinski definition) is 3. The molecule has 4 heteroatoms. The summed E-state index contributed by atoms with van der Waals surface area (Å²) < 4.78 is 1.81. The van der Waals surface area contributed by atoms with Gasteiger partial charge in [-0.25, -0.2) is 4.98 Å². The van der Waals surface area contributed by atoms with E-state index in [0.717, 1.165) is 18.7 Å². The van der Waals surface area contributed by atoms with Crippen molar-refractivity contribution in [1.29, 1.82) is 0 Å². The van der Waals surface area contributed by atoms with Gasteiger partial charge in [-0.2, -0.15) is 5.10 Å². The van der Waals surface area contributed by atoms with Gasteiger partial charge in [0.1, 0.15) is 12.2 Å². The van der Waals surface area contributed by atoms with E-state index < -0.39 is 0 Å². The molecule has 4 nitrogen and oxygen atoms in total. The Morgan fingerprint density at radius 1 is 1.67 bits per heavy atom. The van der Waals surface area contributed by atoms with Crippen LogP contribution in [0.5, 0.6) is 0 Å². The molecule has 0 aromatic carbocycles. The molecule has 0 amide bonds. The zero-order valence-corrected chi connectivity index (χ0v) is 7.32. The lowest BCUT2D eigenvalue weighted by molar-refractivity contribution is 0.576. The van der Waals surface area contributed by atoms with Crippen molar-refractivity contribution in [2.45, 2.75) is 31.2 Å². The first kappa shape index (κ1) is 7.73. The maximum Gasteiger partial charge on any atom is 0.138 e. The Hall–Kier alpha value is -0.900. The van der Waals surface area contributed by atoms with Crippen LogP contribution in [-0.4, -0.2) is 20.3 Å². The van der Waals surface area contributed by atoms with Gasteiger partial charge in [0, 0.05) is 19.0 Å². The largest absolute Gasteiger partial charge is 0.325 e. The van der Waals surface area contributed by atoms with Crippen molar-refractivity contribution in [2.75, 3.05) is 0 Å².